The summed E-state index contributed by atoms with van der Waals surface area (Å²) in [5, 5.41) is 4.87. The average Bonchev–Trinajstić information content (AvgIpc) is 2.25. The molecule has 0 saturated carbocycles. The number of imide groups is 1. The minimum Gasteiger partial charge on any atom is -0.333 e. The van der Waals surface area contributed by atoms with Gasteiger partial charge >= 0.3 is 6.03 Å². The molecule has 0 radical (unpaired) electrons. The third-order valence-corrected chi connectivity index (χ3v) is 2.33. The molecule has 0 unspecified atom stereocenters. The van der Waals surface area contributed by atoms with E-state index in [0.29, 0.717) is 5.56 Å². The van der Waals surface area contributed by atoms with Crippen LogP contribution in [0.5, 0.6) is 0 Å². The monoisotopic (exact) mass is 278 g/mol. The van der Waals surface area contributed by atoms with E-state index in [0.717, 1.165) is 0 Å². The summed E-state index contributed by atoms with van der Waals surface area (Å²) in [7, 11) is 0. The molecule has 2 N–H and O–H groups in total. The minimum absolute atomic E-state index is 0.0291. The molecule has 1 rings (SSSR count). The van der Waals surface area contributed by atoms with Crippen LogP contribution in [0, 0.1) is 0 Å². The highest BCUT2D eigenvalue weighted by Gasteiger charge is 2.18. The lowest BCUT2D eigenvalue weighted by Gasteiger charge is -2.19. The Kier molecular flexibility index (Phi) is 4.96. The largest absolute Gasteiger partial charge is 0.333 e. The molecule has 0 saturated heterocycles. The SMILES string of the molecule is CC(=O)c1ccc[n+](CC(=O)NC(=O)NC(C)(C)C)c1. The normalized spacial score (nSPS) is 10.8. The molecular weight excluding hydrogens is 258 g/mol. The van der Waals surface area contributed by atoms with Crippen LogP contribution < -0.4 is 15.2 Å². The van der Waals surface area contributed by atoms with Gasteiger partial charge in [0.1, 0.15) is 0 Å². The number of rotatable bonds is 3. The van der Waals surface area contributed by atoms with Crippen molar-refractivity contribution in [2.75, 3.05) is 0 Å². The van der Waals surface area contributed by atoms with Crippen molar-refractivity contribution in [1.29, 1.82) is 0 Å². The highest BCUT2D eigenvalue weighted by molar-refractivity contribution is 5.94. The fraction of sp³-hybridized carbons (Fsp3) is 0.429. The summed E-state index contributed by atoms with van der Waals surface area (Å²) < 4.78 is 1.55. The van der Waals surface area contributed by atoms with Crippen LogP contribution in [0.1, 0.15) is 38.1 Å². The highest BCUT2D eigenvalue weighted by Crippen LogP contribution is 1.97. The summed E-state index contributed by atoms with van der Waals surface area (Å²) in [4.78, 5) is 34.5. The van der Waals surface area contributed by atoms with Gasteiger partial charge in [-0.15, -0.1) is 0 Å². The van der Waals surface area contributed by atoms with E-state index in [9.17, 15) is 14.4 Å². The molecule has 1 aromatic heterocycles. The number of pyridine rings is 1. The quantitative estimate of drug-likeness (QED) is 0.634. The van der Waals surface area contributed by atoms with Gasteiger partial charge in [-0.25, -0.2) is 4.79 Å². The third kappa shape index (κ3) is 5.60. The first-order valence-corrected chi connectivity index (χ1v) is 6.29. The zero-order valence-corrected chi connectivity index (χ0v) is 12.2. The molecule has 6 nitrogen and oxygen atoms in total. The molecule has 1 heterocycles. The molecule has 108 valence electrons. The predicted octanol–water partition coefficient (Wildman–Crippen LogP) is 0.801. The van der Waals surface area contributed by atoms with Crippen LogP contribution in [0.25, 0.3) is 0 Å². The van der Waals surface area contributed by atoms with Crippen LogP contribution >= 0.6 is 0 Å². The van der Waals surface area contributed by atoms with E-state index in [2.05, 4.69) is 10.6 Å². The van der Waals surface area contributed by atoms with E-state index >= 15 is 0 Å². The molecule has 20 heavy (non-hydrogen) atoms. The summed E-state index contributed by atoms with van der Waals surface area (Å²) in [6.07, 6.45) is 3.23. The second kappa shape index (κ2) is 6.27. The van der Waals surface area contributed by atoms with Gasteiger partial charge in [-0.05, 0) is 33.8 Å². The number of ketones is 1. The number of hydrogen-bond acceptors (Lipinski definition) is 3. The maximum Gasteiger partial charge on any atom is 0.322 e. The summed E-state index contributed by atoms with van der Waals surface area (Å²) >= 11 is 0. The van der Waals surface area contributed by atoms with Gasteiger partial charge in [-0.1, -0.05) is 0 Å². The molecule has 0 atom stereocenters. The summed E-state index contributed by atoms with van der Waals surface area (Å²) in [5.74, 6) is -0.525. The second-order valence-electron chi connectivity index (χ2n) is 5.57. The molecule has 1 aromatic rings. The van der Waals surface area contributed by atoms with E-state index in [1.54, 1.807) is 29.1 Å². The molecule has 0 aliphatic carbocycles. The number of hydrogen-bond donors (Lipinski definition) is 2. The van der Waals surface area contributed by atoms with Crippen molar-refractivity contribution < 1.29 is 19.0 Å². The van der Waals surface area contributed by atoms with Crippen LogP contribution in [-0.2, 0) is 11.3 Å². The van der Waals surface area contributed by atoms with Gasteiger partial charge in [-0.2, -0.15) is 4.57 Å². The number of aromatic nitrogens is 1. The Labute approximate surface area is 118 Å². The smallest absolute Gasteiger partial charge is 0.322 e. The number of carbonyl (C=O) groups excluding carboxylic acids is 3. The van der Waals surface area contributed by atoms with Crippen molar-refractivity contribution in [1.82, 2.24) is 10.6 Å². The van der Waals surface area contributed by atoms with Crippen LogP contribution in [0.4, 0.5) is 4.79 Å². The molecule has 0 spiro atoms. The standard InChI is InChI=1S/C14H19N3O3/c1-10(18)11-6-5-7-17(8-11)9-12(19)15-13(20)16-14(2,3)4/h5-8H,9H2,1-4H3,(H-,15,16,19,20)/p+1. The topological polar surface area (TPSA) is 79.2 Å². The number of Topliss-reactive ketones (excluding diaryl/α,β-unsaturated/α-hetero) is 1. The maximum absolute atomic E-state index is 11.7. The van der Waals surface area contributed by atoms with E-state index in [4.69, 9.17) is 0 Å². The van der Waals surface area contributed by atoms with E-state index in [1.807, 2.05) is 20.8 Å². The number of nitrogens with one attached hydrogen (secondary N) is 2. The Bertz CT molecular complexity index is 533. The lowest BCUT2D eigenvalue weighted by atomic mass is 10.1. The fourth-order valence-electron chi connectivity index (χ4n) is 1.53. The van der Waals surface area contributed by atoms with Crippen molar-refractivity contribution in [3.8, 4) is 0 Å². The second-order valence-corrected chi connectivity index (χ2v) is 5.57. The fourth-order valence-corrected chi connectivity index (χ4v) is 1.53. The van der Waals surface area contributed by atoms with Gasteiger partial charge in [0.05, 0.1) is 5.56 Å². The van der Waals surface area contributed by atoms with Crippen LogP contribution in [-0.4, -0.2) is 23.3 Å². The van der Waals surface area contributed by atoms with Crippen LogP contribution in [0.15, 0.2) is 24.5 Å². The van der Waals surface area contributed by atoms with Crippen molar-refractivity contribution in [2.45, 2.75) is 39.8 Å². The van der Waals surface area contributed by atoms with Gasteiger partial charge in [0.25, 0.3) is 5.91 Å². The number of amides is 3. The first kappa shape index (κ1) is 15.8. The Morgan fingerprint density at radius 3 is 2.45 bits per heavy atom. The average molecular weight is 278 g/mol. The molecule has 3 amide bonds. The summed E-state index contributed by atoms with van der Waals surface area (Å²) in [6, 6.07) is 2.81. The van der Waals surface area contributed by atoms with Crippen molar-refractivity contribution in [3.63, 3.8) is 0 Å². The van der Waals surface area contributed by atoms with Gasteiger partial charge in [0.15, 0.2) is 18.2 Å². The number of urea groups is 1. The number of nitrogens with zero attached hydrogens (tertiary/aromatic N) is 1. The Hall–Kier alpha value is -2.24. The highest BCUT2D eigenvalue weighted by atomic mass is 16.2. The first-order chi connectivity index (χ1) is 9.17. The minimum atomic E-state index is -0.536. The molecule has 0 bridgehead atoms. The Morgan fingerprint density at radius 2 is 1.90 bits per heavy atom. The van der Waals surface area contributed by atoms with E-state index in [-0.39, 0.29) is 12.3 Å². The van der Waals surface area contributed by atoms with Crippen LogP contribution in [0.3, 0.4) is 0 Å². The summed E-state index contributed by atoms with van der Waals surface area (Å²) in [5.41, 5.74) is 0.103. The number of carbonyl (C=O) groups is 3. The third-order valence-electron chi connectivity index (χ3n) is 2.33. The zero-order chi connectivity index (χ0) is 15.3. The molecular formula is C14H20N3O3+. The zero-order valence-electron chi connectivity index (χ0n) is 12.2. The van der Waals surface area contributed by atoms with Gasteiger partial charge in [-0.3, -0.25) is 14.9 Å². The molecule has 0 aliphatic heterocycles. The van der Waals surface area contributed by atoms with Crippen LogP contribution in [0.2, 0.25) is 0 Å². The van der Waals surface area contributed by atoms with Gasteiger partial charge in [0, 0.05) is 11.6 Å². The van der Waals surface area contributed by atoms with E-state index in [1.165, 1.54) is 6.92 Å². The molecule has 0 fully saturated rings. The molecule has 6 heteroatoms. The van der Waals surface area contributed by atoms with Crippen molar-refractivity contribution >= 4 is 17.7 Å². The Morgan fingerprint density at radius 1 is 1.25 bits per heavy atom. The maximum atomic E-state index is 11.7. The van der Waals surface area contributed by atoms with Gasteiger partial charge in [0.2, 0.25) is 6.54 Å². The predicted molar refractivity (Wildman–Crippen MR) is 73.1 cm³/mol. The Balaban J connectivity index is 2.61. The summed E-state index contributed by atoms with van der Waals surface area (Å²) in [6.45, 7) is 6.89. The van der Waals surface area contributed by atoms with E-state index < -0.39 is 17.5 Å². The molecule has 0 aromatic carbocycles. The first-order valence-electron chi connectivity index (χ1n) is 6.29. The lowest BCUT2D eigenvalue weighted by molar-refractivity contribution is -0.684. The molecule has 0 aliphatic rings. The van der Waals surface area contributed by atoms with Crippen molar-refractivity contribution in [2.24, 2.45) is 0 Å². The van der Waals surface area contributed by atoms with Crippen molar-refractivity contribution in [3.05, 3.63) is 30.1 Å². The lowest BCUT2D eigenvalue weighted by Crippen LogP contribution is -2.51. The van der Waals surface area contributed by atoms with Gasteiger partial charge < -0.3 is 5.32 Å².